The van der Waals surface area contributed by atoms with Crippen molar-refractivity contribution in [2.24, 2.45) is 5.73 Å². The quantitative estimate of drug-likeness (QED) is 0.764. The Balaban J connectivity index is 2.07. The van der Waals surface area contributed by atoms with Gasteiger partial charge in [0.05, 0.1) is 4.90 Å². The second-order valence-corrected chi connectivity index (χ2v) is 6.56. The molecule has 1 aliphatic heterocycles. The summed E-state index contributed by atoms with van der Waals surface area (Å²) >= 11 is 0. The van der Waals surface area contributed by atoms with Crippen LogP contribution in [0.15, 0.2) is 23.1 Å². The maximum absolute atomic E-state index is 12.1. The summed E-state index contributed by atoms with van der Waals surface area (Å²) in [6.07, 6.45) is 2.44. The minimum atomic E-state index is -3.43. The summed E-state index contributed by atoms with van der Waals surface area (Å²) < 4.78 is 32.3. The second kappa shape index (κ2) is 5.90. The molecule has 0 bridgehead atoms. The molecule has 0 saturated heterocycles. The number of sulfonamides is 1. The van der Waals surface area contributed by atoms with E-state index in [4.69, 9.17) is 10.5 Å². The van der Waals surface area contributed by atoms with Crippen molar-refractivity contribution in [3.8, 4) is 5.75 Å². The largest absolute Gasteiger partial charge is 0.490 e. The average molecular weight is 284 g/mol. The molecule has 0 aromatic heterocycles. The minimum absolute atomic E-state index is 0.116. The van der Waals surface area contributed by atoms with Gasteiger partial charge in [-0.25, -0.2) is 13.1 Å². The SMILES string of the molecule is CC1Cc2cc(S(=O)(=O)NCCCCN)ccc2O1. The summed E-state index contributed by atoms with van der Waals surface area (Å²) in [6.45, 7) is 2.97. The molecule has 19 heavy (non-hydrogen) atoms. The van der Waals surface area contributed by atoms with Crippen LogP contribution in [-0.2, 0) is 16.4 Å². The molecule has 1 aliphatic rings. The van der Waals surface area contributed by atoms with E-state index in [9.17, 15) is 8.42 Å². The van der Waals surface area contributed by atoms with Crippen molar-refractivity contribution in [3.05, 3.63) is 23.8 Å². The van der Waals surface area contributed by atoms with Gasteiger partial charge in [-0.2, -0.15) is 0 Å². The summed E-state index contributed by atoms with van der Waals surface area (Å²) in [6, 6.07) is 5.01. The lowest BCUT2D eigenvalue weighted by Crippen LogP contribution is -2.25. The maximum Gasteiger partial charge on any atom is 0.240 e. The van der Waals surface area contributed by atoms with E-state index in [-0.39, 0.29) is 6.10 Å². The number of nitrogens with one attached hydrogen (secondary N) is 1. The summed E-state index contributed by atoms with van der Waals surface area (Å²) in [5.74, 6) is 0.787. The van der Waals surface area contributed by atoms with Gasteiger partial charge in [0, 0.05) is 13.0 Å². The monoisotopic (exact) mass is 284 g/mol. The highest BCUT2D eigenvalue weighted by Gasteiger charge is 2.22. The third-order valence-electron chi connectivity index (χ3n) is 3.10. The Bertz CT molecular complexity index is 543. The first-order valence-electron chi connectivity index (χ1n) is 6.52. The predicted molar refractivity (Wildman–Crippen MR) is 73.7 cm³/mol. The Morgan fingerprint density at radius 1 is 1.42 bits per heavy atom. The van der Waals surface area contributed by atoms with Crippen LogP contribution in [0.4, 0.5) is 0 Å². The second-order valence-electron chi connectivity index (χ2n) is 4.80. The smallest absolute Gasteiger partial charge is 0.240 e. The maximum atomic E-state index is 12.1. The van der Waals surface area contributed by atoms with Gasteiger partial charge >= 0.3 is 0 Å². The standard InChI is InChI=1S/C13H20N2O3S/c1-10-8-11-9-12(4-5-13(11)18-10)19(16,17)15-7-3-2-6-14/h4-5,9-10,15H,2-3,6-8,14H2,1H3. The third kappa shape index (κ3) is 3.46. The number of ether oxygens (including phenoxy) is 1. The number of hydrogen-bond acceptors (Lipinski definition) is 4. The van der Waals surface area contributed by atoms with Crippen LogP contribution >= 0.6 is 0 Å². The number of rotatable bonds is 6. The summed E-state index contributed by atoms with van der Waals surface area (Å²) in [4.78, 5) is 0.302. The third-order valence-corrected chi connectivity index (χ3v) is 4.56. The highest BCUT2D eigenvalue weighted by molar-refractivity contribution is 7.89. The van der Waals surface area contributed by atoms with E-state index < -0.39 is 10.0 Å². The van der Waals surface area contributed by atoms with Crippen LogP contribution in [-0.4, -0.2) is 27.6 Å². The van der Waals surface area contributed by atoms with Crippen molar-refractivity contribution in [1.29, 1.82) is 0 Å². The number of hydrogen-bond donors (Lipinski definition) is 2. The molecule has 6 heteroatoms. The van der Waals surface area contributed by atoms with Gasteiger partial charge in [-0.15, -0.1) is 0 Å². The van der Waals surface area contributed by atoms with Crippen molar-refractivity contribution < 1.29 is 13.2 Å². The molecule has 1 aromatic carbocycles. The zero-order valence-electron chi connectivity index (χ0n) is 11.1. The lowest BCUT2D eigenvalue weighted by atomic mass is 10.1. The molecule has 0 aliphatic carbocycles. The van der Waals surface area contributed by atoms with E-state index in [0.29, 0.717) is 18.0 Å². The summed E-state index contributed by atoms with van der Waals surface area (Å²) in [5, 5.41) is 0. The normalized spacial score (nSPS) is 18.1. The Morgan fingerprint density at radius 3 is 2.95 bits per heavy atom. The van der Waals surface area contributed by atoms with Crippen LogP contribution in [0.1, 0.15) is 25.3 Å². The van der Waals surface area contributed by atoms with Crippen molar-refractivity contribution in [2.75, 3.05) is 13.1 Å². The molecule has 0 radical (unpaired) electrons. The van der Waals surface area contributed by atoms with Crippen molar-refractivity contribution in [2.45, 2.75) is 37.2 Å². The predicted octanol–water partition coefficient (Wildman–Crippen LogP) is 1.03. The highest BCUT2D eigenvalue weighted by Crippen LogP contribution is 2.30. The van der Waals surface area contributed by atoms with Crippen LogP contribution in [0, 0.1) is 0 Å². The Morgan fingerprint density at radius 2 is 2.21 bits per heavy atom. The van der Waals surface area contributed by atoms with Gasteiger partial charge in [0.1, 0.15) is 11.9 Å². The summed E-state index contributed by atoms with van der Waals surface area (Å²) in [7, 11) is -3.43. The lowest BCUT2D eigenvalue weighted by molar-refractivity contribution is 0.254. The number of benzene rings is 1. The average Bonchev–Trinajstić information content (AvgIpc) is 2.73. The number of fused-ring (bicyclic) bond motifs is 1. The first kappa shape index (κ1) is 14.3. The zero-order valence-corrected chi connectivity index (χ0v) is 11.9. The van der Waals surface area contributed by atoms with Crippen LogP contribution in [0.25, 0.3) is 0 Å². The van der Waals surface area contributed by atoms with Gasteiger partial charge < -0.3 is 10.5 Å². The minimum Gasteiger partial charge on any atom is -0.490 e. The molecule has 2 rings (SSSR count). The van der Waals surface area contributed by atoms with Crippen molar-refractivity contribution in [1.82, 2.24) is 4.72 Å². The van der Waals surface area contributed by atoms with Crippen molar-refractivity contribution >= 4 is 10.0 Å². The first-order valence-corrected chi connectivity index (χ1v) is 8.00. The van der Waals surface area contributed by atoms with E-state index in [1.54, 1.807) is 18.2 Å². The Hall–Kier alpha value is -1.11. The fraction of sp³-hybridized carbons (Fsp3) is 0.538. The Labute approximate surface area is 114 Å². The van der Waals surface area contributed by atoms with Crippen LogP contribution in [0.3, 0.4) is 0 Å². The molecule has 1 heterocycles. The number of unbranched alkanes of at least 4 members (excludes halogenated alkanes) is 1. The van der Waals surface area contributed by atoms with Gasteiger partial charge in [-0.3, -0.25) is 0 Å². The molecular formula is C13H20N2O3S. The van der Waals surface area contributed by atoms with Gasteiger partial charge in [-0.05, 0) is 50.1 Å². The molecule has 0 fully saturated rings. The van der Waals surface area contributed by atoms with Gasteiger partial charge in [-0.1, -0.05) is 0 Å². The molecule has 5 nitrogen and oxygen atoms in total. The van der Waals surface area contributed by atoms with Gasteiger partial charge in [0.2, 0.25) is 10.0 Å². The van der Waals surface area contributed by atoms with E-state index in [1.807, 2.05) is 6.92 Å². The van der Waals surface area contributed by atoms with Crippen LogP contribution < -0.4 is 15.2 Å². The molecule has 0 saturated carbocycles. The number of nitrogens with two attached hydrogens (primary N) is 1. The van der Waals surface area contributed by atoms with E-state index in [0.717, 1.165) is 30.6 Å². The summed E-state index contributed by atoms with van der Waals surface area (Å²) in [5.41, 5.74) is 6.33. The van der Waals surface area contributed by atoms with Crippen molar-refractivity contribution in [3.63, 3.8) is 0 Å². The molecule has 0 amide bonds. The molecule has 0 spiro atoms. The highest BCUT2D eigenvalue weighted by atomic mass is 32.2. The van der Waals surface area contributed by atoms with E-state index in [1.165, 1.54) is 0 Å². The molecule has 1 atom stereocenters. The molecule has 1 aromatic rings. The fourth-order valence-electron chi connectivity index (χ4n) is 2.12. The van der Waals surface area contributed by atoms with Gasteiger partial charge in [0.25, 0.3) is 0 Å². The molecule has 1 unspecified atom stereocenters. The zero-order chi connectivity index (χ0) is 13.9. The molecular weight excluding hydrogens is 264 g/mol. The Kier molecular flexibility index (Phi) is 4.44. The first-order chi connectivity index (χ1) is 9.03. The van der Waals surface area contributed by atoms with E-state index in [2.05, 4.69) is 4.72 Å². The molecule has 106 valence electrons. The topological polar surface area (TPSA) is 81.4 Å². The van der Waals surface area contributed by atoms with Crippen LogP contribution in [0.2, 0.25) is 0 Å². The van der Waals surface area contributed by atoms with Crippen LogP contribution in [0.5, 0.6) is 5.75 Å². The molecule has 3 N–H and O–H groups in total. The van der Waals surface area contributed by atoms with E-state index >= 15 is 0 Å². The fourth-order valence-corrected chi connectivity index (χ4v) is 3.25. The lowest BCUT2D eigenvalue weighted by Gasteiger charge is -2.07. The van der Waals surface area contributed by atoms with Gasteiger partial charge in [0.15, 0.2) is 0 Å².